The molecule has 0 amide bonds. The van der Waals surface area contributed by atoms with E-state index in [1.54, 1.807) is 6.20 Å². The number of piperidine rings is 1. The van der Waals surface area contributed by atoms with E-state index in [1.165, 1.54) is 0 Å². The van der Waals surface area contributed by atoms with Gasteiger partial charge in [0.1, 0.15) is 5.60 Å². The summed E-state index contributed by atoms with van der Waals surface area (Å²) >= 11 is 0. The second kappa shape index (κ2) is 4.79. The maximum atomic E-state index is 11.0. The quantitative estimate of drug-likeness (QED) is 0.860. The molecule has 1 fully saturated rings. The number of hydrogen-bond acceptors (Lipinski definition) is 3. The molecule has 0 saturated carbocycles. The SMILES string of the molecule is CC1CNCCC1(O)c1ccnn1-c1ccccc1. The molecule has 4 heteroatoms. The fraction of sp³-hybridized carbons (Fsp3) is 0.400. The van der Waals surface area contributed by atoms with Crippen LogP contribution < -0.4 is 5.32 Å². The fourth-order valence-corrected chi connectivity index (χ4v) is 2.80. The number of rotatable bonds is 2. The van der Waals surface area contributed by atoms with Crippen molar-refractivity contribution in [1.29, 1.82) is 0 Å². The Kier molecular flexibility index (Phi) is 3.12. The van der Waals surface area contributed by atoms with Gasteiger partial charge in [-0.1, -0.05) is 25.1 Å². The van der Waals surface area contributed by atoms with Crippen molar-refractivity contribution in [1.82, 2.24) is 15.1 Å². The standard InChI is InChI=1S/C15H19N3O/c1-12-11-16-10-8-15(12,19)14-7-9-17-18(14)13-5-3-2-4-6-13/h2-7,9,12,16,19H,8,10-11H2,1H3. The Morgan fingerprint density at radius 3 is 2.84 bits per heavy atom. The summed E-state index contributed by atoms with van der Waals surface area (Å²) in [6.45, 7) is 3.74. The Morgan fingerprint density at radius 1 is 1.32 bits per heavy atom. The molecule has 1 aromatic carbocycles. The second-order valence-electron chi connectivity index (χ2n) is 5.24. The Bertz CT molecular complexity index is 552. The third-order valence-corrected chi connectivity index (χ3v) is 4.04. The molecule has 1 saturated heterocycles. The van der Waals surface area contributed by atoms with Crippen molar-refractivity contribution in [3.8, 4) is 5.69 Å². The van der Waals surface area contributed by atoms with Gasteiger partial charge in [-0.15, -0.1) is 0 Å². The summed E-state index contributed by atoms with van der Waals surface area (Å²) in [7, 11) is 0. The van der Waals surface area contributed by atoms with E-state index in [9.17, 15) is 5.11 Å². The van der Waals surface area contributed by atoms with Crippen LogP contribution in [-0.4, -0.2) is 28.0 Å². The highest BCUT2D eigenvalue weighted by Crippen LogP contribution is 2.35. The van der Waals surface area contributed by atoms with E-state index in [0.29, 0.717) is 6.42 Å². The molecule has 19 heavy (non-hydrogen) atoms. The predicted octanol–water partition coefficient (Wildman–Crippen LogP) is 1.69. The molecule has 1 aliphatic heterocycles. The number of nitrogens with one attached hydrogen (secondary N) is 1. The van der Waals surface area contributed by atoms with Gasteiger partial charge >= 0.3 is 0 Å². The molecule has 2 unspecified atom stereocenters. The van der Waals surface area contributed by atoms with E-state index < -0.39 is 5.60 Å². The summed E-state index contributed by atoms with van der Waals surface area (Å²) in [4.78, 5) is 0. The van der Waals surface area contributed by atoms with Crippen molar-refractivity contribution in [2.45, 2.75) is 18.9 Å². The molecule has 1 aliphatic rings. The minimum atomic E-state index is -0.808. The first-order valence-electron chi connectivity index (χ1n) is 6.75. The molecule has 0 aliphatic carbocycles. The maximum Gasteiger partial charge on any atom is 0.112 e. The van der Waals surface area contributed by atoms with Crippen molar-refractivity contribution in [2.75, 3.05) is 13.1 Å². The van der Waals surface area contributed by atoms with Crippen molar-refractivity contribution in [2.24, 2.45) is 5.92 Å². The van der Waals surface area contributed by atoms with Crippen LogP contribution in [0.5, 0.6) is 0 Å². The van der Waals surface area contributed by atoms with Gasteiger partial charge in [-0.25, -0.2) is 4.68 Å². The number of hydrogen-bond donors (Lipinski definition) is 2. The van der Waals surface area contributed by atoms with E-state index in [-0.39, 0.29) is 5.92 Å². The van der Waals surface area contributed by atoms with Gasteiger partial charge in [-0.3, -0.25) is 0 Å². The number of aromatic nitrogens is 2. The molecule has 100 valence electrons. The normalized spacial score (nSPS) is 27.4. The summed E-state index contributed by atoms with van der Waals surface area (Å²) in [6.07, 6.45) is 2.47. The molecule has 0 spiro atoms. The van der Waals surface area contributed by atoms with Gasteiger partial charge in [-0.05, 0) is 31.2 Å². The van der Waals surface area contributed by atoms with Gasteiger partial charge in [0.05, 0.1) is 11.4 Å². The molecular weight excluding hydrogens is 238 g/mol. The zero-order chi connectivity index (χ0) is 13.3. The smallest absolute Gasteiger partial charge is 0.112 e. The molecule has 2 heterocycles. The lowest BCUT2D eigenvalue weighted by Crippen LogP contribution is -2.47. The highest BCUT2D eigenvalue weighted by atomic mass is 16.3. The number of para-hydroxylation sites is 1. The molecule has 0 bridgehead atoms. The van der Waals surface area contributed by atoms with Gasteiger partial charge in [0.25, 0.3) is 0 Å². The van der Waals surface area contributed by atoms with E-state index >= 15 is 0 Å². The van der Waals surface area contributed by atoms with Crippen LogP contribution in [0.15, 0.2) is 42.6 Å². The van der Waals surface area contributed by atoms with Gasteiger partial charge in [0, 0.05) is 18.7 Å². The highest BCUT2D eigenvalue weighted by molar-refractivity contribution is 5.34. The summed E-state index contributed by atoms with van der Waals surface area (Å²) in [5, 5.41) is 18.7. The molecule has 2 atom stereocenters. The zero-order valence-corrected chi connectivity index (χ0v) is 11.1. The van der Waals surface area contributed by atoms with Gasteiger partial charge in [0.2, 0.25) is 0 Å². The van der Waals surface area contributed by atoms with Crippen molar-refractivity contribution < 1.29 is 5.11 Å². The predicted molar refractivity (Wildman–Crippen MR) is 74.1 cm³/mol. The number of nitrogens with zero attached hydrogens (tertiary/aromatic N) is 2. The topological polar surface area (TPSA) is 50.1 Å². The lowest BCUT2D eigenvalue weighted by molar-refractivity contribution is -0.0447. The monoisotopic (exact) mass is 257 g/mol. The molecule has 1 aromatic heterocycles. The van der Waals surface area contributed by atoms with Crippen LogP contribution in [0.4, 0.5) is 0 Å². The Hall–Kier alpha value is -1.65. The zero-order valence-electron chi connectivity index (χ0n) is 11.1. The van der Waals surface area contributed by atoms with Crippen molar-refractivity contribution >= 4 is 0 Å². The lowest BCUT2D eigenvalue weighted by Gasteiger charge is -2.38. The van der Waals surface area contributed by atoms with Crippen LogP contribution in [0.2, 0.25) is 0 Å². The molecule has 2 aromatic rings. The first kappa shape index (κ1) is 12.4. The molecule has 4 nitrogen and oxygen atoms in total. The van der Waals surface area contributed by atoms with Crippen LogP contribution >= 0.6 is 0 Å². The van der Waals surface area contributed by atoms with Crippen LogP contribution in [-0.2, 0) is 5.60 Å². The molecule has 3 rings (SSSR count). The Labute approximate surface area is 113 Å². The summed E-state index contributed by atoms with van der Waals surface area (Å²) < 4.78 is 1.85. The average Bonchev–Trinajstić information content (AvgIpc) is 2.93. The number of aliphatic hydroxyl groups is 1. The maximum absolute atomic E-state index is 11.0. The van der Waals surface area contributed by atoms with Gasteiger partial charge in [0.15, 0.2) is 0 Å². The fourth-order valence-electron chi connectivity index (χ4n) is 2.80. The van der Waals surface area contributed by atoms with Gasteiger partial charge < -0.3 is 10.4 Å². The Balaban J connectivity index is 2.05. The largest absolute Gasteiger partial charge is 0.383 e. The summed E-state index contributed by atoms with van der Waals surface area (Å²) in [5.41, 5.74) is 1.06. The highest BCUT2D eigenvalue weighted by Gasteiger charge is 2.40. The summed E-state index contributed by atoms with van der Waals surface area (Å²) in [6, 6.07) is 11.9. The van der Waals surface area contributed by atoms with E-state index in [4.69, 9.17) is 0 Å². The van der Waals surface area contributed by atoms with Crippen LogP contribution in [0.25, 0.3) is 5.69 Å². The van der Waals surface area contributed by atoms with Crippen molar-refractivity contribution in [3.05, 3.63) is 48.3 Å². The third kappa shape index (κ3) is 2.07. The van der Waals surface area contributed by atoms with Gasteiger partial charge in [-0.2, -0.15) is 5.10 Å². The minimum absolute atomic E-state index is 0.167. The number of benzene rings is 1. The van der Waals surface area contributed by atoms with Crippen LogP contribution in [0.3, 0.4) is 0 Å². The Morgan fingerprint density at radius 2 is 2.11 bits per heavy atom. The lowest BCUT2D eigenvalue weighted by atomic mass is 9.80. The average molecular weight is 257 g/mol. The van der Waals surface area contributed by atoms with E-state index in [0.717, 1.165) is 24.5 Å². The third-order valence-electron chi connectivity index (χ3n) is 4.04. The summed E-state index contributed by atoms with van der Waals surface area (Å²) in [5.74, 6) is 0.167. The molecule has 0 radical (unpaired) electrons. The second-order valence-corrected chi connectivity index (χ2v) is 5.24. The first-order valence-corrected chi connectivity index (χ1v) is 6.75. The van der Waals surface area contributed by atoms with E-state index in [2.05, 4.69) is 17.3 Å². The van der Waals surface area contributed by atoms with Crippen LogP contribution in [0, 0.1) is 5.92 Å². The molecule has 2 N–H and O–H groups in total. The molecular formula is C15H19N3O. The van der Waals surface area contributed by atoms with Crippen LogP contribution in [0.1, 0.15) is 19.0 Å². The van der Waals surface area contributed by atoms with E-state index in [1.807, 2.05) is 41.1 Å². The van der Waals surface area contributed by atoms with Crippen molar-refractivity contribution in [3.63, 3.8) is 0 Å². The minimum Gasteiger partial charge on any atom is -0.383 e. The first-order chi connectivity index (χ1) is 9.22.